The maximum absolute atomic E-state index is 6.34. The molecule has 0 N–H and O–H groups in total. The maximum Gasteiger partial charge on any atom is 0.160 e. The van der Waals surface area contributed by atoms with Crippen molar-refractivity contribution in [1.82, 2.24) is 9.97 Å². The van der Waals surface area contributed by atoms with Crippen LogP contribution in [-0.4, -0.2) is 9.97 Å². The SMILES string of the molecule is c1ccc(-c2ccc(-c3cc(-c4ccccc4)nc(-c4ccc5c(c4)c4ccccc4c4ccc6oc7ccccc7c6c45)n3)cc2)cc1. The highest BCUT2D eigenvalue weighted by Crippen LogP contribution is 2.43. The van der Waals surface area contributed by atoms with Gasteiger partial charge in [0.15, 0.2) is 5.82 Å². The van der Waals surface area contributed by atoms with Crippen LogP contribution < -0.4 is 0 Å². The lowest BCUT2D eigenvalue weighted by Crippen LogP contribution is -1.96. The van der Waals surface area contributed by atoms with Gasteiger partial charge >= 0.3 is 0 Å². The third-order valence-electron chi connectivity index (χ3n) is 9.68. The zero-order valence-corrected chi connectivity index (χ0v) is 26.5. The molecule has 2 aromatic heterocycles. The van der Waals surface area contributed by atoms with E-state index < -0.39 is 0 Å². The second-order valence-corrected chi connectivity index (χ2v) is 12.5. The molecule has 8 aromatic carbocycles. The predicted octanol–water partition coefficient (Wildman–Crippen LogP) is 12.5. The summed E-state index contributed by atoms with van der Waals surface area (Å²) in [6.07, 6.45) is 0. The van der Waals surface area contributed by atoms with E-state index in [2.05, 4.69) is 146 Å². The number of nitrogens with zero attached hydrogens (tertiary/aromatic N) is 2. The van der Waals surface area contributed by atoms with E-state index in [4.69, 9.17) is 14.4 Å². The predicted molar refractivity (Wildman–Crippen MR) is 204 cm³/mol. The van der Waals surface area contributed by atoms with Gasteiger partial charge in [0, 0.05) is 32.8 Å². The van der Waals surface area contributed by atoms with Gasteiger partial charge in [-0.3, -0.25) is 0 Å². The monoisotopic (exact) mass is 624 g/mol. The standard InChI is InChI=1S/C46H28N2O/c1-3-11-29(12-4-1)30-19-21-32(22-20-30)41-28-40(31-13-5-2-6-14-31)47-46(48-41)33-23-24-37-39(27-33)35-16-8-7-15-34(35)36-25-26-43-45(44(36)37)38-17-9-10-18-42(38)49-43/h1-28H. The summed E-state index contributed by atoms with van der Waals surface area (Å²) < 4.78 is 6.34. The van der Waals surface area contributed by atoms with Gasteiger partial charge in [-0.25, -0.2) is 9.97 Å². The fraction of sp³-hybridized carbons (Fsp3) is 0. The number of hydrogen-bond acceptors (Lipinski definition) is 3. The van der Waals surface area contributed by atoms with Crippen molar-refractivity contribution in [2.24, 2.45) is 0 Å². The Balaban J connectivity index is 1.21. The van der Waals surface area contributed by atoms with E-state index in [0.717, 1.165) is 50.0 Å². The Morgan fingerprint density at radius 1 is 0.306 bits per heavy atom. The van der Waals surface area contributed by atoms with E-state index in [1.54, 1.807) is 0 Å². The molecule has 0 aliphatic carbocycles. The summed E-state index contributed by atoms with van der Waals surface area (Å²) in [4.78, 5) is 10.4. The van der Waals surface area contributed by atoms with Crippen molar-refractivity contribution in [2.45, 2.75) is 0 Å². The summed E-state index contributed by atoms with van der Waals surface area (Å²) in [5.41, 5.74) is 9.03. The lowest BCUT2D eigenvalue weighted by atomic mass is 9.91. The molecule has 2 heterocycles. The fourth-order valence-electron chi connectivity index (χ4n) is 7.34. The number of benzene rings is 8. The van der Waals surface area contributed by atoms with Gasteiger partial charge in [-0.05, 0) is 68.4 Å². The lowest BCUT2D eigenvalue weighted by molar-refractivity contribution is 0.669. The Morgan fingerprint density at radius 2 is 0.816 bits per heavy atom. The van der Waals surface area contributed by atoms with Crippen molar-refractivity contribution < 1.29 is 4.42 Å². The molecule has 3 heteroatoms. The van der Waals surface area contributed by atoms with Crippen LogP contribution in [0.2, 0.25) is 0 Å². The molecule has 3 nitrogen and oxygen atoms in total. The van der Waals surface area contributed by atoms with E-state index in [0.29, 0.717) is 5.82 Å². The minimum Gasteiger partial charge on any atom is -0.456 e. The molecule has 10 aromatic rings. The van der Waals surface area contributed by atoms with Crippen LogP contribution in [0.1, 0.15) is 0 Å². The van der Waals surface area contributed by atoms with Crippen molar-refractivity contribution >= 4 is 54.3 Å². The molecule has 0 amide bonds. The molecule has 228 valence electrons. The van der Waals surface area contributed by atoms with Crippen LogP contribution in [0.15, 0.2) is 174 Å². The average Bonchev–Trinajstić information content (AvgIpc) is 3.57. The number of aromatic nitrogens is 2. The smallest absolute Gasteiger partial charge is 0.160 e. The van der Waals surface area contributed by atoms with Crippen LogP contribution in [0.4, 0.5) is 0 Å². The van der Waals surface area contributed by atoms with Crippen LogP contribution in [0.3, 0.4) is 0 Å². The van der Waals surface area contributed by atoms with Crippen LogP contribution in [0.5, 0.6) is 0 Å². The van der Waals surface area contributed by atoms with E-state index in [1.807, 2.05) is 24.3 Å². The Labute approximate surface area is 282 Å². The first-order valence-electron chi connectivity index (χ1n) is 16.6. The van der Waals surface area contributed by atoms with Crippen LogP contribution in [0.25, 0.3) is 99.3 Å². The number of rotatable bonds is 4. The van der Waals surface area contributed by atoms with Crippen molar-refractivity contribution in [3.8, 4) is 45.0 Å². The first-order chi connectivity index (χ1) is 24.3. The van der Waals surface area contributed by atoms with Crippen LogP contribution in [0, 0.1) is 0 Å². The van der Waals surface area contributed by atoms with Crippen LogP contribution in [-0.2, 0) is 0 Å². The van der Waals surface area contributed by atoms with Crippen molar-refractivity contribution in [1.29, 1.82) is 0 Å². The molecule has 49 heavy (non-hydrogen) atoms. The Bertz CT molecular complexity index is 2850. The van der Waals surface area contributed by atoms with Crippen molar-refractivity contribution in [3.05, 3.63) is 170 Å². The molecule has 0 bridgehead atoms. The molecule has 0 saturated heterocycles. The Hall–Kier alpha value is -6.58. The Kier molecular flexibility index (Phi) is 6.18. The molecule has 0 spiro atoms. The molecule has 0 unspecified atom stereocenters. The third-order valence-corrected chi connectivity index (χ3v) is 9.68. The van der Waals surface area contributed by atoms with Crippen molar-refractivity contribution in [2.75, 3.05) is 0 Å². The molecule has 0 radical (unpaired) electrons. The molecular weight excluding hydrogens is 597 g/mol. The first-order valence-corrected chi connectivity index (χ1v) is 16.6. The van der Waals surface area contributed by atoms with Gasteiger partial charge in [-0.15, -0.1) is 0 Å². The van der Waals surface area contributed by atoms with Gasteiger partial charge in [0.2, 0.25) is 0 Å². The number of para-hydroxylation sites is 1. The number of fused-ring (bicyclic) bond motifs is 10. The quantitative estimate of drug-likeness (QED) is 0.183. The minimum atomic E-state index is 0.696. The molecule has 0 aliphatic heterocycles. The lowest BCUT2D eigenvalue weighted by Gasteiger charge is -2.14. The number of hydrogen-bond donors (Lipinski definition) is 0. The minimum absolute atomic E-state index is 0.696. The average molecular weight is 625 g/mol. The molecular formula is C46H28N2O. The third kappa shape index (κ3) is 4.51. The van der Waals surface area contributed by atoms with Crippen LogP contribution >= 0.6 is 0 Å². The zero-order chi connectivity index (χ0) is 32.3. The first kappa shape index (κ1) is 27.5. The highest BCUT2D eigenvalue weighted by molar-refractivity contribution is 6.34. The van der Waals surface area contributed by atoms with Gasteiger partial charge in [-0.2, -0.15) is 0 Å². The van der Waals surface area contributed by atoms with E-state index >= 15 is 0 Å². The summed E-state index contributed by atoms with van der Waals surface area (Å²) >= 11 is 0. The fourth-order valence-corrected chi connectivity index (χ4v) is 7.34. The van der Waals surface area contributed by atoms with E-state index in [9.17, 15) is 0 Å². The van der Waals surface area contributed by atoms with Crippen molar-refractivity contribution in [3.63, 3.8) is 0 Å². The zero-order valence-electron chi connectivity index (χ0n) is 26.5. The largest absolute Gasteiger partial charge is 0.456 e. The summed E-state index contributed by atoms with van der Waals surface area (Å²) in [6.45, 7) is 0. The summed E-state index contributed by atoms with van der Waals surface area (Å²) in [5.74, 6) is 0.696. The normalized spacial score (nSPS) is 11.7. The second-order valence-electron chi connectivity index (χ2n) is 12.5. The van der Waals surface area contributed by atoms with Gasteiger partial charge in [0.25, 0.3) is 0 Å². The van der Waals surface area contributed by atoms with Gasteiger partial charge in [0.05, 0.1) is 11.4 Å². The summed E-state index contributed by atoms with van der Waals surface area (Å²) in [7, 11) is 0. The summed E-state index contributed by atoms with van der Waals surface area (Å²) in [6, 6.07) is 59.6. The van der Waals surface area contributed by atoms with Gasteiger partial charge in [0.1, 0.15) is 11.2 Å². The highest BCUT2D eigenvalue weighted by Gasteiger charge is 2.18. The molecule has 0 atom stereocenters. The topological polar surface area (TPSA) is 38.9 Å². The molecule has 0 aliphatic rings. The second kappa shape index (κ2) is 11.0. The number of furan rings is 1. The molecule has 0 fully saturated rings. The molecule has 10 rings (SSSR count). The van der Waals surface area contributed by atoms with E-state index in [1.165, 1.54) is 43.4 Å². The van der Waals surface area contributed by atoms with Gasteiger partial charge < -0.3 is 4.42 Å². The van der Waals surface area contributed by atoms with E-state index in [-0.39, 0.29) is 0 Å². The highest BCUT2D eigenvalue weighted by atomic mass is 16.3. The summed E-state index contributed by atoms with van der Waals surface area (Å²) in [5, 5.41) is 9.49. The molecule has 0 saturated carbocycles. The Morgan fingerprint density at radius 3 is 1.55 bits per heavy atom. The maximum atomic E-state index is 6.34. The van der Waals surface area contributed by atoms with Gasteiger partial charge in [-0.1, -0.05) is 140 Å².